The van der Waals surface area contributed by atoms with Crippen molar-refractivity contribution in [3.05, 3.63) is 23.8 Å². The lowest BCUT2D eigenvalue weighted by Gasteiger charge is -2.30. The molecule has 0 N–H and O–H groups in total. The Kier molecular flexibility index (Phi) is 2.83. The largest absolute Gasteiger partial charge is 0.454 e. The zero-order chi connectivity index (χ0) is 14.5. The van der Waals surface area contributed by atoms with Crippen LogP contribution < -0.4 is 9.47 Å². The molecule has 1 aliphatic heterocycles. The van der Waals surface area contributed by atoms with E-state index in [-0.39, 0.29) is 18.3 Å². The van der Waals surface area contributed by atoms with Gasteiger partial charge in [-0.25, -0.2) is 4.39 Å². The molecular weight excluding hydrogens is 285 g/mol. The van der Waals surface area contributed by atoms with Gasteiger partial charge in [-0.1, -0.05) is 6.07 Å². The van der Waals surface area contributed by atoms with Crippen LogP contribution >= 0.6 is 0 Å². The third-order valence-corrected chi connectivity index (χ3v) is 2.55. The SMILES string of the molecule is FC(F)(F)C(F)(c1ccc2c(c1)OCO2)C(F)(F)F. The fraction of sp³-hybridized carbons (Fsp3) is 0.400. The number of halogens is 7. The van der Waals surface area contributed by atoms with Gasteiger partial charge in [-0.3, -0.25) is 0 Å². The molecule has 1 heterocycles. The van der Waals surface area contributed by atoms with Crippen LogP contribution in [-0.4, -0.2) is 19.1 Å². The number of rotatable bonds is 1. The normalized spacial score (nSPS) is 15.7. The number of alkyl halides is 7. The molecule has 0 spiro atoms. The molecule has 0 radical (unpaired) electrons. The third-order valence-electron chi connectivity index (χ3n) is 2.55. The van der Waals surface area contributed by atoms with E-state index in [9.17, 15) is 30.7 Å². The average Bonchev–Trinajstić information content (AvgIpc) is 2.71. The molecule has 0 atom stereocenters. The summed E-state index contributed by atoms with van der Waals surface area (Å²) in [6.45, 7) is -0.351. The number of fused-ring (bicyclic) bond motifs is 1. The van der Waals surface area contributed by atoms with E-state index in [1.807, 2.05) is 0 Å². The van der Waals surface area contributed by atoms with Gasteiger partial charge in [-0.15, -0.1) is 0 Å². The van der Waals surface area contributed by atoms with Crippen molar-refractivity contribution in [3.8, 4) is 11.5 Å². The predicted molar refractivity (Wildman–Crippen MR) is 47.5 cm³/mol. The van der Waals surface area contributed by atoms with Crippen LogP contribution in [0.15, 0.2) is 18.2 Å². The summed E-state index contributed by atoms with van der Waals surface area (Å²) in [6, 6.07) is 1.50. The molecule has 106 valence electrons. The fourth-order valence-electron chi connectivity index (χ4n) is 1.60. The third kappa shape index (κ3) is 1.96. The van der Waals surface area contributed by atoms with Crippen molar-refractivity contribution >= 4 is 0 Å². The van der Waals surface area contributed by atoms with Gasteiger partial charge in [0.1, 0.15) is 0 Å². The van der Waals surface area contributed by atoms with Crippen LogP contribution in [0, 0.1) is 0 Å². The minimum atomic E-state index is -6.14. The van der Waals surface area contributed by atoms with Crippen LogP contribution in [0.3, 0.4) is 0 Å². The van der Waals surface area contributed by atoms with Crippen LogP contribution in [0.25, 0.3) is 0 Å². The Morgan fingerprint density at radius 2 is 1.32 bits per heavy atom. The molecule has 19 heavy (non-hydrogen) atoms. The molecule has 0 aliphatic carbocycles. The Labute approximate surface area is 101 Å². The number of benzene rings is 1. The minimum Gasteiger partial charge on any atom is -0.454 e. The van der Waals surface area contributed by atoms with E-state index in [0.29, 0.717) is 12.1 Å². The first kappa shape index (κ1) is 13.8. The summed E-state index contributed by atoms with van der Waals surface area (Å²) in [7, 11) is 0. The van der Waals surface area contributed by atoms with Crippen LogP contribution in [0.4, 0.5) is 30.7 Å². The lowest BCUT2D eigenvalue weighted by atomic mass is 9.94. The van der Waals surface area contributed by atoms with E-state index >= 15 is 0 Å². The van der Waals surface area contributed by atoms with Crippen molar-refractivity contribution in [1.29, 1.82) is 0 Å². The number of hydrogen-bond acceptors (Lipinski definition) is 2. The maximum atomic E-state index is 13.7. The van der Waals surface area contributed by atoms with E-state index in [1.165, 1.54) is 0 Å². The Balaban J connectivity index is 2.57. The molecule has 2 rings (SSSR count). The minimum absolute atomic E-state index is 0.0459. The van der Waals surface area contributed by atoms with Crippen LogP contribution in [0.2, 0.25) is 0 Å². The highest BCUT2D eigenvalue weighted by atomic mass is 19.4. The summed E-state index contributed by atoms with van der Waals surface area (Å²) in [4.78, 5) is 0. The molecule has 1 aliphatic rings. The molecule has 0 fully saturated rings. The molecule has 0 amide bonds. The topological polar surface area (TPSA) is 18.5 Å². The highest BCUT2D eigenvalue weighted by Gasteiger charge is 2.73. The van der Waals surface area contributed by atoms with Crippen LogP contribution in [0.5, 0.6) is 11.5 Å². The Morgan fingerprint density at radius 1 is 0.789 bits per heavy atom. The molecule has 9 heteroatoms. The van der Waals surface area contributed by atoms with Gasteiger partial charge in [0.15, 0.2) is 11.5 Å². The van der Waals surface area contributed by atoms with Crippen LogP contribution in [0.1, 0.15) is 5.56 Å². The van der Waals surface area contributed by atoms with E-state index in [4.69, 9.17) is 4.74 Å². The highest BCUT2D eigenvalue weighted by Crippen LogP contribution is 2.54. The summed E-state index contributed by atoms with van der Waals surface area (Å²) in [6.07, 6.45) is -12.3. The van der Waals surface area contributed by atoms with Crippen molar-refractivity contribution in [3.63, 3.8) is 0 Å². The molecular formula is C10H5F7O2. The second-order valence-electron chi connectivity index (χ2n) is 3.72. The number of ether oxygens (including phenoxy) is 2. The molecule has 1 aromatic carbocycles. The van der Waals surface area contributed by atoms with Crippen LogP contribution in [-0.2, 0) is 5.67 Å². The summed E-state index contributed by atoms with van der Waals surface area (Å²) in [5, 5.41) is 0. The summed E-state index contributed by atoms with van der Waals surface area (Å²) >= 11 is 0. The zero-order valence-corrected chi connectivity index (χ0v) is 8.90. The standard InChI is InChI=1S/C10H5F7O2/c11-8(9(12,13)14,10(15,16)17)5-1-2-6-7(3-5)19-4-18-6/h1-3H,4H2. The molecule has 0 saturated heterocycles. The molecule has 2 nitrogen and oxygen atoms in total. The first-order chi connectivity index (χ1) is 8.57. The van der Waals surface area contributed by atoms with Gasteiger partial charge in [-0.2, -0.15) is 26.3 Å². The van der Waals surface area contributed by atoms with Crippen molar-refractivity contribution in [2.75, 3.05) is 6.79 Å². The van der Waals surface area contributed by atoms with Gasteiger partial charge in [0, 0.05) is 5.56 Å². The predicted octanol–water partition coefficient (Wildman–Crippen LogP) is 3.70. The monoisotopic (exact) mass is 290 g/mol. The van der Waals surface area contributed by atoms with Gasteiger partial charge >= 0.3 is 18.0 Å². The van der Waals surface area contributed by atoms with E-state index in [2.05, 4.69) is 4.74 Å². The van der Waals surface area contributed by atoms with Crippen molar-refractivity contribution in [2.45, 2.75) is 18.0 Å². The summed E-state index contributed by atoms with van der Waals surface area (Å²) in [5.74, 6) is -0.413. The molecule has 0 saturated carbocycles. The van der Waals surface area contributed by atoms with Gasteiger partial charge < -0.3 is 9.47 Å². The maximum Gasteiger partial charge on any atom is 0.435 e. The van der Waals surface area contributed by atoms with E-state index < -0.39 is 23.6 Å². The Bertz CT molecular complexity index is 478. The maximum absolute atomic E-state index is 13.7. The summed E-state index contributed by atoms with van der Waals surface area (Å²) in [5.41, 5.74) is -7.06. The molecule has 0 aromatic heterocycles. The Morgan fingerprint density at radius 3 is 1.84 bits per heavy atom. The van der Waals surface area contributed by atoms with Crippen molar-refractivity contribution in [1.82, 2.24) is 0 Å². The quantitative estimate of drug-likeness (QED) is 0.734. The van der Waals surface area contributed by atoms with Gasteiger partial charge in [-0.05, 0) is 12.1 Å². The highest BCUT2D eigenvalue weighted by molar-refractivity contribution is 5.46. The lowest BCUT2D eigenvalue weighted by molar-refractivity contribution is -0.348. The smallest absolute Gasteiger partial charge is 0.435 e. The second-order valence-corrected chi connectivity index (χ2v) is 3.72. The van der Waals surface area contributed by atoms with Gasteiger partial charge in [0.05, 0.1) is 0 Å². The van der Waals surface area contributed by atoms with Gasteiger partial charge in [0.2, 0.25) is 6.79 Å². The van der Waals surface area contributed by atoms with Crippen molar-refractivity contribution < 1.29 is 40.2 Å². The van der Waals surface area contributed by atoms with Crippen molar-refractivity contribution in [2.24, 2.45) is 0 Å². The average molecular weight is 290 g/mol. The lowest BCUT2D eigenvalue weighted by Crippen LogP contribution is -2.50. The second kappa shape index (κ2) is 3.91. The molecule has 1 aromatic rings. The van der Waals surface area contributed by atoms with Gasteiger partial charge in [0.25, 0.3) is 0 Å². The molecule has 0 bridgehead atoms. The van der Waals surface area contributed by atoms with E-state index in [1.54, 1.807) is 0 Å². The number of hydrogen-bond donors (Lipinski definition) is 0. The molecule has 0 unspecified atom stereocenters. The zero-order valence-electron chi connectivity index (χ0n) is 8.90. The Hall–Kier alpha value is -1.67. The summed E-state index contributed by atoms with van der Waals surface area (Å²) < 4.78 is 97.9. The fourth-order valence-corrected chi connectivity index (χ4v) is 1.60. The van der Waals surface area contributed by atoms with E-state index in [0.717, 1.165) is 6.07 Å². The first-order valence-corrected chi connectivity index (χ1v) is 4.80. The first-order valence-electron chi connectivity index (χ1n) is 4.80.